The molecule has 1 atom stereocenters. The van der Waals surface area contributed by atoms with Gasteiger partial charge in [0.25, 0.3) is 0 Å². The molecular formula is C13H21N3. The van der Waals surface area contributed by atoms with Gasteiger partial charge in [-0.15, -0.1) is 0 Å². The molecule has 3 nitrogen and oxygen atoms in total. The van der Waals surface area contributed by atoms with Gasteiger partial charge in [0, 0.05) is 25.3 Å². The third kappa shape index (κ3) is 2.95. The molecule has 0 bridgehead atoms. The van der Waals surface area contributed by atoms with Gasteiger partial charge in [-0.1, -0.05) is 6.07 Å². The Bertz CT molecular complexity index is 312. The fraction of sp³-hybridized carbons (Fsp3) is 0.615. The van der Waals surface area contributed by atoms with E-state index in [1.54, 1.807) is 0 Å². The van der Waals surface area contributed by atoms with Crippen molar-refractivity contribution in [2.24, 2.45) is 5.73 Å². The summed E-state index contributed by atoms with van der Waals surface area (Å²) in [6.07, 6.45) is 6.83. The number of hydrogen-bond donors (Lipinski definition) is 1. The molecule has 3 heteroatoms. The third-order valence-electron chi connectivity index (χ3n) is 3.05. The normalized spacial score (nSPS) is 18.5. The first-order chi connectivity index (χ1) is 7.75. The van der Waals surface area contributed by atoms with E-state index in [9.17, 15) is 0 Å². The Morgan fingerprint density at radius 1 is 1.31 bits per heavy atom. The van der Waals surface area contributed by atoms with Crippen LogP contribution in [-0.2, 0) is 6.42 Å². The van der Waals surface area contributed by atoms with Crippen LogP contribution in [0.1, 0.15) is 31.7 Å². The lowest BCUT2D eigenvalue weighted by atomic mass is 10.1. The summed E-state index contributed by atoms with van der Waals surface area (Å²) in [6, 6.07) is 4.49. The van der Waals surface area contributed by atoms with E-state index in [4.69, 9.17) is 5.73 Å². The highest BCUT2D eigenvalue weighted by Gasteiger charge is 2.11. The SMILES string of the molecule is CC(N)Cc1ccc(N2CCCCC2)nc1. The maximum absolute atomic E-state index is 5.77. The Balaban J connectivity index is 2.00. The lowest BCUT2D eigenvalue weighted by Crippen LogP contribution is -2.30. The van der Waals surface area contributed by atoms with Crippen molar-refractivity contribution < 1.29 is 0 Å². The van der Waals surface area contributed by atoms with Gasteiger partial charge in [-0.3, -0.25) is 0 Å². The van der Waals surface area contributed by atoms with Gasteiger partial charge in [-0.25, -0.2) is 4.98 Å². The molecular weight excluding hydrogens is 198 g/mol. The van der Waals surface area contributed by atoms with Crippen LogP contribution in [0.3, 0.4) is 0 Å². The van der Waals surface area contributed by atoms with Crippen LogP contribution in [0.2, 0.25) is 0 Å². The number of nitrogens with two attached hydrogens (primary N) is 1. The zero-order chi connectivity index (χ0) is 11.4. The molecule has 1 aliphatic rings. The number of nitrogens with zero attached hydrogens (tertiary/aromatic N) is 2. The molecule has 0 amide bonds. The smallest absolute Gasteiger partial charge is 0.128 e. The van der Waals surface area contributed by atoms with Crippen molar-refractivity contribution in [2.45, 2.75) is 38.6 Å². The molecule has 0 spiro atoms. The van der Waals surface area contributed by atoms with Crippen molar-refractivity contribution in [3.05, 3.63) is 23.9 Å². The fourth-order valence-electron chi connectivity index (χ4n) is 2.22. The number of anilines is 1. The average Bonchev–Trinajstić information content (AvgIpc) is 2.30. The summed E-state index contributed by atoms with van der Waals surface area (Å²) in [7, 11) is 0. The topological polar surface area (TPSA) is 42.1 Å². The second-order valence-corrected chi connectivity index (χ2v) is 4.75. The highest BCUT2D eigenvalue weighted by Crippen LogP contribution is 2.17. The maximum atomic E-state index is 5.77. The summed E-state index contributed by atoms with van der Waals surface area (Å²) < 4.78 is 0. The van der Waals surface area contributed by atoms with E-state index < -0.39 is 0 Å². The minimum Gasteiger partial charge on any atom is -0.357 e. The molecule has 1 aromatic heterocycles. The first-order valence-electron chi connectivity index (χ1n) is 6.21. The van der Waals surface area contributed by atoms with Crippen molar-refractivity contribution in [3.8, 4) is 0 Å². The Morgan fingerprint density at radius 2 is 2.06 bits per heavy atom. The molecule has 16 heavy (non-hydrogen) atoms. The second-order valence-electron chi connectivity index (χ2n) is 4.75. The highest BCUT2D eigenvalue weighted by atomic mass is 15.2. The van der Waals surface area contributed by atoms with Crippen molar-refractivity contribution in [3.63, 3.8) is 0 Å². The van der Waals surface area contributed by atoms with Crippen molar-refractivity contribution in [1.29, 1.82) is 0 Å². The van der Waals surface area contributed by atoms with Gasteiger partial charge in [0.2, 0.25) is 0 Å². The van der Waals surface area contributed by atoms with Gasteiger partial charge >= 0.3 is 0 Å². The minimum atomic E-state index is 0.211. The monoisotopic (exact) mass is 219 g/mol. The van der Waals surface area contributed by atoms with Gasteiger partial charge in [0.15, 0.2) is 0 Å². The van der Waals surface area contributed by atoms with Crippen LogP contribution < -0.4 is 10.6 Å². The molecule has 2 rings (SSSR count). The minimum absolute atomic E-state index is 0.211. The number of aromatic nitrogens is 1. The molecule has 1 aromatic rings. The molecule has 1 unspecified atom stereocenters. The predicted octanol–water partition coefficient (Wildman–Crippen LogP) is 1.96. The standard InChI is InChI=1S/C13H21N3/c1-11(14)9-12-5-6-13(15-10-12)16-7-3-2-4-8-16/h5-6,10-11H,2-4,7-9,14H2,1H3. The number of hydrogen-bond acceptors (Lipinski definition) is 3. The average molecular weight is 219 g/mol. The predicted molar refractivity (Wildman–Crippen MR) is 67.7 cm³/mol. The van der Waals surface area contributed by atoms with E-state index in [-0.39, 0.29) is 6.04 Å². The van der Waals surface area contributed by atoms with E-state index in [0.29, 0.717) is 0 Å². The van der Waals surface area contributed by atoms with Crippen LogP contribution in [0.4, 0.5) is 5.82 Å². The highest BCUT2D eigenvalue weighted by molar-refractivity contribution is 5.39. The maximum Gasteiger partial charge on any atom is 0.128 e. The third-order valence-corrected chi connectivity index (χ3v) is 3.05. The Labute approximate surface area is 97.7 Å². The summed E-state index contributed by atoms with van der Waals surface area (Å²) in [6.45, 7) is 4.33. The molecule has 0 saturated carbocycles. The number of piperidine rings is 1. The Kier molecular flexibility index (Phi) is 3.78. The molecule has 2 N–H and O–H groups in total. The van der Waals surface area contributed by atoms with Crippen molar-refractivity contribution >= 4 is 5.82 Å². The largest absolute Gasteiger partial charge is 0.357 e. The molecule has 1 fully saturated rings. The van der Waals surface area contributed by atoms with E-state index in [0.717, 1.165) is 25.3 Å². The molecule has 0 radical (unpaired) electrons. The van der Waals surface area contributed by atoms with Crippen molar-refractivity contribution in [1.82, 2.24) is 4.98 Å². The van der Waals surface area contributed by atoms with Gasteiger partial charge < -0.3 is 10.6 Å². The van der Waals surface area contributed by atoms with E-state index >= 15 is 0 Å². The summed E-state index contributed by atoms with van der Waals surface area (Å²) in [5, 5.41) is 0. The molecule has 88 valence electrons. The molecule has 0 aromatic carbocycles. The van der Waals surface area contributed by atoms with Crippen LogP contribution >= 0.6 is 0 Å². The van der Waals surface area contributed by atoms with Crippen LogP contribution in [0.5, 0.6) is 0 Å². The summed E-state index contributed by atoms with van der Waals surface area (Å²) in [4.78, 5) is 6.90. The number of pyridine rings is 1. The van der Waals surface area contributed by atoms with Gasteiger partial charge in [-0.2, -0.15) is 0 Å². The van der Waals surface area contributed by atoms with Crippen LogP contribution in [0.15, 0.2) is 18.3 Å². The molecule has 1 aliphatic heterocycles. The zero-order valence-electron chi connectivity index (χ0n) is 10.0. The molecule has 2 heterocycles. The van der Waals surface area contributed by atoms with E-state index in [1.807, 2.05) is 13.1 Å². The zero-order valence-corrected chi connectivity index (χ0v) is 10.0. The summed E-state index contributed by atoms with van der Waals surface area (Å²) in [5.41, 5.74) is 7.00. The Hall–Kier alpha value is -1.09. The lowest BCUT2D eigenvalue weighted by molar-refractivity contribution is 0.573. The summed E-state index contributed by atoms with van der Waals surface area (Å²) in [5.74, 6) is 1.12. The van der Waals surface area contributed by atoms with Crippen LogP contribution in [0, 0.1) is 0 Å². The van der Waals surface area contributed by atoms with Gasteiger partial charge in [0.05, 0.1) is 0 Å². The van der Waals surface area contributed by atoms with Crippen LogP contribution in [-0.4, -0.2) is 24.1 Å². The quantitative estimate of drug-likeness (QED) is 0.845. The van der Waals surface area contributed by atoms with Gasteiger partial charge in [0.1, 0.15) is 5.82 Å². The Morgan fingerprint density at radius 3 is 2.62 bits per heavy atom. The van der Waals surface area contributed by atoms with Crippen LogP contribution in [0.25, 0.3) is 0 Å². The first-order valence-corrected chi connectivity index (χ1v) is 6.21. The first kappa shape index (κ1) is 11.4. The van der Waals surface area contributed by atoms with E-state index in [1.165, 1.54) is 24.8 Å². The fourth-order valence-corrected chi connectivity index (χ4v) is 2.22. The van der Waals surface area contributed by atoms with E-state index in [2.05, 4.69) is 22.0 Å². The van der Waals surface area contributed by atoms with Gasteiger partial charge in [-0.05, 0) is 44.2 Å². The molecule has 1 saturated heterocycles. The molecule has 0 aliphatic carbocycles. The summed E-state index contributed by atoms with van der Waals surface area (Å²) >= 11 is 0. The van der Waals surface area contributed by atoms with Crippen molar-refractivity contribution in [2.75, 3.05) is 18.0 Å². The second kappa shape index (κ2) is 5.30. The number of rotatable bonds is 3. The lowest BCUT2D eigenvalue weighted by Gasteiger charge is -2.27.